The molecule has 0 saturated carbocycles. The number of carbonyl (C=O) groups is 3. The maximum atomic E-state index is 12.4. The maximum Gasteiger partial charge on any atom is 0.329 e. The number of carboxylic acids is 1. The van der Waals surface area contributed by atoms with Crippen molar-refractivity contribution < 1.29 is 24.2 Å². The Morgan fingerprint density at radius 3 is 2.71 bits per heavy atom. The summed E-state index contributed by atoms with van der Waals surface area (Å²) in [5.41, 5.74) is 1.01. The van der Waals surface area contributed by atoms with Gasteiger partial charge in [-0.05, 0) is 24.8 Å². The molecule has 150 valence electrons. The third-order valence-corrected chi connectivity index (χ3v) is 4.71. The molecule has 1 amide bonds. The summed E-state index contributed by atoms with van der Waals surface area (Å²) >= 11 is 0. The van der Waals surface area contributed by atoms with Crippen LogP contribution in [-0.2, 0) is 25.5 Å². The number of amides is 1. The van der Waals surface area contributed by atoms with Crippen LogP contribution < -0.4 is 0 Å². The number of hydrogen-bond donors (Lipinski definition) is 1. The molecule has 2 rings (SSSR count). The number of Topliss-reactive ketones (excluding diaryl/α,β-unsaturated/α-hetero) is 1. The summed E-state index contributed by atoms with van der Waals surface area (Å²) in [6, 6.07) is 9.68. The van der Waals surface area contributed by atoms with Crippen LogP contribution in [0.2, 0.25) is 0 Å². The van der Waals surface area contributed by atoms with E-state index in [1.807, 2.05) is 30.3 Å². The van der Waals surface area contributed by atoms with Gasteiger partial charge in [-0.1, -0.05) is 48.6 Å². The smallest absolute Gasteiger partial charge is 0.329 e. The molecule has 1 heterocycles. The Bertz CT molecular complexity index is 719. The monoisotopic (exact) mass is 385 g/mol. The molecule has 0 radical (unpaired) electrons. The van der Waals surface area contributed by atoms with Crippen molar-refractivity contribution in [2.75, 3.05) is 19.8 Å². The number of carboxylic acid groups (broad SMARTS) is 1. The van der Waals surface area contributed by atoms with Crippen molar-refractivity contribution in [1.82, 2.24) is 4.90 Å². The molecule has 0 aromatic heterocycles. The Morgan fingerprint density at radius 2 is 1.96 bits per heavy atom. The van der Waals surface area contributed by atoms with Gasteiger partial charge in [0.2, 0.25) is 5.91 Å². The summed E-state index contributed by atoms with van der Waals surface area (Å²) in [4.78, 5) is 36.9. The number of rotatable bonds is 9. The van der Waals surface area contributed by atoms with E-state index >= 15 is 0 Å². The van der Waals surface area contributed by atoms with Crippen molar-refractivity contribution in [3.8, 4) is 11.8 Å². The SMILES string of the molecule is O=C(O)COCC#CCN1C(=O)CCCC[C@@H]1CCC(=O)Cc1ccccc1. The highest BCUT2D eigenvalue weighted by atomic mass is 16.5. The number of ketones is 1. The van der Waals surface area contributed by atoms with Gasteiger partial charge < -0.3 is 14.7 Å². The standard InChI is InChI=1S/C22H27NO5/c24-20(16-18-8-2-1-3-9-18)13-12-19-10-4-5-11-21(25)23(19)14-6-7-15-28-17-22(26)27/h1-3,8-9,19H,4-5,10-17H2,(H,26,27)/t19-/m1/s1. The Balaban J connectivity index is 1.86. The molecule has 6 nitrogen and oxygen atoms in total. The maximum absolute atomic E-state index is 12.4. The molecule has 1 aromatic carbocycles. The van der Waals surface area contributed by atoms with Gasteiger partial charge in [0.25, 0.3) is 0 Å². The Labute approximate surface area is 165 Å². The molecule has 1 atom stereocenters. The summed E-state index contributed by atoms with van der Waals surface area (Å²) in [6.07, 6.45) is 4.72. The van der Waals surface area contributed by atoms with Crippen LogP contribution in [0.5, 0.6) is 0 Å². The largest absolute Gasteiger partial charge is 0.480 e. The zero-order chi connectivity index (χ0) is 20.2. The van der Waals surface area contributed by atoms with Gasteiger partial charge in [-0.2, -0.15) is 0 Å². The van der Waals surface area contributed by atoms with Gasteiger partial charge in [0.05, 0.1) is 6.54 Å². The minimum Gasteiger partial charge on any atom is -0.480 e. The van der Waals surface area contributed by atoms with Crippen molar-refractivity contribution in [3.05, 3.63) is 35.9 Å². The van der Waals surface area contributed by atoms with E-state index in [4.69, 9.17) is 9.84 Å². The van der Waals surface area contributed by atoms with Crippen LogP contribution in [0.1, 0.15) is 44.1 Å². The van der Waals surface area contributed by atoms with E-state index in [0.717, 1.165) is 24.8 Å². The fraction of sp³-hybridized carbons (Fsp3) is 0.500. The second kappa shape index (κ2) is 11.9. The third-order valence-electron chi connectivity index (χ3n) is 4.71. The highest BCUT2D eigenvalue weighted by molar-refractivity contribution is 5.81. The van der Waals surface area contributed by atoms with Crippen LogP contribution in [0.3, 0.4) is 0 Å². The number of aliphatic carboxylic acids is 1. The lowest BCUT2D eigenvalue weighted by atomic mass is 9.99. The number of likely N-dealkylation sites (tertiary alicyclic amines) is 1. The number of carbonyl (C=O) groups excluding carboxylic acids is 2. The van der Waals surface area contributed by atoms with Crippen molar-refractivity contribution in [1.29, 1.82) is 0 Å². The van der Waals surface area contributed by atoms with Gasteiger partial charge in [-0.25, -0.2) is 4.79 Å². The second-order valence-electron chi connectivity index (χ2n) is 6.90. The first kappa shape index (κ1) is 21.6. The summed E-state index contributed by atoms with van der Waals surface area (Å²) in [7, 11) is 0. The van der Waals surface area contributed by atoms with Gasteiger partial charge >= 0.3 is 5.97 Å². The van der Waals surface area contributed by atoms with Gasteiger partial charge in [0, 0.05) is 25.3 Å². The van der Waals surface area contributed by atoms with Gasteiger partial charge in [0.1, 0.15) is 19.0 Å². The summed E-state index contributed by atoms with van der Waals surface area (Å²) in [6.45, 7) is -0.0785. The highest BCUT2D eigenvalue weighted by Crippen LogP contribution is 2.21. The molecule has 1 aliphatic rings. The predicted molar refractivity (Wildman–Crippen MR) is 105 cm³/mol. The first-order chi connectivity index (χ1) is 13.6. The lowest BCUT2D eigenvalue weighted by molar-refractivity contribution is -0.141. The zero-order valence-electron chi connectivity index (χ0n) is 16.1. The average molecular weight is 385 g/mol. The first-order valence-electron chi connectivity index (χ1n) is 9.66. The molecular weight excluding hydrogens is 358 g/mol. The van der Waals surface area contributed by atoms with Crippen molar-refractivity contribution >= 4 is 17.7 Å². The summed E-state index contributed by atoms with van der Waals surface area (Å²) < 4.78 is 4.88. The molecule has 0 aliphatic carbocycles. The lowest BCUT2D eigenvalue weighted by Gasteiger charge is -2.28. The first-order valence-corrected chi connectivity index (χ1v) is 9.66. The van der Waals surface area contributed by atoms with Crippen LogP contribution in [0, 0.1) is 11.8 Å². The number of ether oxygens (including phenoxy) is 1. The normalized spacial score (nSPS) is 16.8. The van der Waals surface area contributed by atoms with E-state index < -0.39 is 5.97 Å². The Kier molecular flexibility index (Phi) is 9.23. The molecule has 28 heavy (non-hydrogen) atoms. The number of hydrogen-bond acceptors (Lipinski definition) is 4. The van der Waals surface area contributed by atoms with E-state index in [1.54, 1.807) is 4.90 Å². The molecule has 6 heteroatoms. The molecule has 1 N–H and O–H groups in total. The number of benzene rings is 1. The Morgan fingerprint density at radius 1 is 1.18 bits per heavy atom. The predicted octanol–water partition coefficient (Wildman–Crippen LogP) is 2.45. The minimum absolute atomic E-state index is 0.0176. The van der Waals surface area contributed by atoms with Crippen LogP contribution in [0.4, 0.5) is 0 Å². The molecule has 0 spiro atoms. The molecule has 1 aromatic rings. The molecular formula is C22H27NO5. The van der Waals surface area contributed by atoms with Crippen molar-refractivity contribution in [3.63, 3.8) is 0 Å². The quantitative estimate of drug-likeness (QED) is 0.521. The van der Waals surface area contributed by atoms with Crippen LogP contribution in [0.25, 0.3) is 0 Å². The van der Waals surface area contributed by atoms with Crippen LogP contribution in [-0.4, -0.2) is 53.5 Å². The fourth-order valence-corrected chi connectivity index (χ4v) is 3.30. The van der Waals surface area contributed by atoms with Crippen molar-refractivity contribution in [2.45, 2.75) is 51.0 Å². The van der Waals surface area contributed by atoms with Crippen LogP contribution in [0.15, 0.2) is 30.3 Å². The minimum atomic E-state index is -1.04. The van der Waals surface area contributed by atoms with E-state index in [9.17, 15) is 14.4 Å². The van der Waals surface area contributed by atoms with E-state index in [0.29, 0.717) is 25.7 Å². The van der Waals surface area contributed by atoms with E-state index in [1.165, 1.54) is 0 Å². The van der Waals surface area contributed by atoms with E-state index in [-0.39, 0.29) is 37.5 Å². The number of nitrogens with zero attached hydrogens (tertiary/aromatic N) is 1. The lowest BCUT2D eigenvalue weighted by Crippen LogP contribution is -2.39. The summed E-state index contributed by atoms with van der Waals surface area (Å²) in [5.74, 6) is 4.86. The third kappa shape index (κ3) is 7.93. The highest BCUT2D eigenvalue weighted by Gasteiger charge is 2.25. The molecule has 1 fully saturated rings. The molecule has 1 aliphatic heterocycles. The second-order valence-corrected chi connectivity index (χ2v) is 6.90. The fourth-order valence-electron chi connectivity index (χ4n) is 3.30. The van der Waals surface area contributed by atoms with E-state index in [2.05, 4.69) is 11.8 Å². The van der Waals surface area contributed by atoms with Gasteiger partial charge in [0.15, 0.2) is 0 Å². The Hall–Kier alpha value is -2.65. The van der Waals surface area contributed by atoms with Gasteiger partial charge in [-0.3, -0.25) is 9.59 Å². The van der Waals surface area contributed by atoms with Gasteiger partial charge in [-0.15, -0.1) is 0 Å². The molecule has 0 bridgehead atoms. The molecule has 0 unspecified atom stereocenters. The zero-order valence-corrected chi connectivity index (χ0v) is 16.1. The van der Waals surface area contributed by atoms with Crippen LogP contribution >= 0.6 is 0 Å². The molecule has 1 saturated heterocycles. The summed E-state index contributed by atoms with van der Waals surface area (Å²) in [5, 5.41) is 8.52. The average Bonchev–Trinajstić information content (AvgIpc) is 2.85. The van der Waals surface area contributed by atoms with Crippen molar-refractivity contribution in [2.24, 2.45) is 0 Å². The topological polar surface area (TPSA) is 83.9 Å².